The first-order valence-corrected chi connectivity index (χ1v) is 7.98. The van der Waals surface area contributed by atoms with E-state index in [9.17, 15) is 14.0 Å². The van der Waals surface area contributed by atoms with E-state index < -0.39 is 5.92 Å². The highest BCUT2D eigenvalue weighted by molar-refractivity contribution is 9.10. The Kier molecular flexibility index (Phi) is 4.43. The lowest BCUT2D eigenvalue weighted by Crippen LogP contribution is -2.33. The van der Waals surface area contributed by atoms with Crippen LogP contribution in [0.3, 0.4) is 0 Å². The molecule has 1 N–H and O–H groups in total. The van der Waals surface area contributed by atoms with Gasteiger partial charge in [0.25, 0.3) is 0 Å². The zero-order valence-electron chi connectivity index (χ0n) is 12.1. The van der Waals surface area contributed by atoms with E-state index in [4.69, 9.17) is 0 Å². The molecule has 1 aliphatic rings. The third-order valence-electron chi connectivity index (χ3n) is 3.78. The fraction of sp³-hybridized carbons (Fsp3) is 0.176. The molecule has 0 radical (unpaired) electrons. The number of benzene rings is 2. The van der Waals surface area contributed by atoms with Crippen molar-refractivity contribution in [3.05, 3.63) is 58.8 Å². The average molecular weight is 377 g/mol. The van der Waals surface area contributed by atoms with Gasteiger partial charge in [-0.25, -0.2) is 4.39 Å². The fourth-order valence-electron chi connectivity index (χ4n) is 2.60. The van der Waals surface area contributed by atoms with Gasteiger partial charge in [0.1, 0.15) is 11.7 Å². The normalized spacial score (nSPS) is 17.4. The van der Waals surface area contributed by atoms with Crippen LogP contribution in [0.4, 0.5) is 15.8 Å². The van der Waals surface area contributed by atoms with Gasteiger partial charge in [-0.3, -0.25) is 9.59 Å². The third-order valence-corrected chi connectivity index (χ3v) is 4.45. The van der Waals surface area contributed by atoms with Crippen LogP contribution in [0.1, 0.15) is 6.42 Å². The standard InChI is InChI=1S/C17H14BrFN2O2/c18-14-3-1-2-4-15(14)21-10-9-13(17(21)23)16(22)20-12-7-5-11(19)6-8-12/h1-8,13H,9-10H2,(H,20,22). The lowest BCUT2D eigenvalue weighted by molar-refractivity contribution is -0.129. The fourth-order valence-corrected chi connectivity index (χ4v) is 3.09. The molecule has 1 unspecified atom stereocenters. The van der Waals surface area contributed by atoms with Crippen molar-refractivity contribution in [2.75, 3.05) is 16.8 Å². The summed E-state index contributed by atoms with van der Waals surface area (Å²) < 4.78 is 13.7. The molecule has 2 aromatic rings. The van der Waals surface area contributed by atoms with Gasteiger partial charge in [0.05, 0.1) is 5.69 Å². The Balaban J connectivity index is 1.72. The lowest BCUT2D eigenvalue weighted by atomic mass is 10.1. The highest BCUT2D eigenvalue weighted by atomic mass is 79.9. The minimum Gasteiger partial charge on any atom is -0.325 e. The molecule has 23 heavy (non-hydrogen) atoms. The summed E-state index contributed by atoms with van der Waals surface area (Å²) in [5, 5.41) is 2.66. The molecule has 0 aliphatic carbocycles. The number of rotatable bonds is 3. The first-order valence-electron chi connectivity index (χ1n) is 7.18. The molecular weight excluding hydrogens is 363 g/mol. The Hall–Kier alpha value is -2.21. The number of carbonyl (C=O) groups is 2. The minimum atomic E-state index is -0.729. The van der Waals surface area contributed by atoms with Crippen LogP contribution in [-0.2, 0) is 9.59 Å². The number of amides is 2. The summed E-state index contributed by atoms with van der Waals surface area (Å²) in [5.74, 6) is -1.69. The maximum absolute atomic E-state index is 12.9. The molecule has 0 aromatic heterocycles. The summed E-state index contributed by atoms with van der Waals surface area (Å²) in [6.45, 7) is 0.489. The van der Waals surface area contributed by atoms with Gasteiger partial charge in [-0.1, -0.05) is 12.1 Å². The highest BCUT2D eigenvalue weighted by Gasteiger charge is 2.38. The lowest BCUT2D eigenvalue weighted by Gasteiger charge is -2.18. The van der Waals surface area contributed by atoms with Gasteiger partial charge in [-0.05, 0) is 58.7 Å². The van der Waals surface area contributed by atoms with E-state index in [-0.39, 0.29) is 17.6 Å². The van der Waals surface area contributed by atoms with Crippen LogP contribution in [-0.4, -0.2) is 18.4 Å². The van der Waals surface area contributed by atoms with Crippen molar-refractivity contribution >= 4 is 39.1 Å². The van der Waals surface area contributed by atoms with Crippen molar-refractivity contribution in [2.24, 2.45) is 5.92 Å². The number of hydrogen-bond acceptors (Lipinski definition) is 2. The first kappa shape index (κ1) is 15.7. The van der Waals surface area contributed by atoms with Gasteiger partial charge in [0.2, 0.25) is 11.8 Å². The zero-order chi connectivity index (χ0) is 16.4. The van der Waals surface area contributed by atoms with Crippen molar-refractivity contribution in [1.29, 1.82) is 0 Å². The number of nitrogens with one attached hydrogen (secondary N) is 1. The molecular formula is C17H14BrFN2O2. The van der Waals surface area contributed by atoms with E-state index >= 15 is 0 Å². The summed E-state index contributed by atoms with van der Waals surface area (Å²) >= 11 is 3.42. The number of hydrogen-bond donors (Lipinski definition) is 1. The molecule has 2 amide bonds. The van der Waals surface area contributed by atoms with Crippen LogP contribution in [0.15, 0.2) is 53.0 Å². The molecule has 118 valence electrons. The van der Waals surface area contributed by atoms with Crippen molar-refractivity contribution in [3.63, 3.8) is 0 Å². The predicted octanol–water partition coefficient (Wildman–Crippen LogP) is 3.58. The third kappa shape index (κ3) is 3.27. The van der Waals surface area contributed by atoms with Crippen LogP contribution in [0, 0.1) is 11.7 Å². The van der Waals surface area contributed by atoms with E-state index in [0.29, 0.717) is 18.7 Å². The molecule has 6 heteroatoms. The number of halogens is 2. The average Bonchev–Trinajstić information content (AvgIpc) is 2.92. The Bertz CT molecular complexity index is 749. The number of para-hydroxylation sites is 1. The van der Waals surface area contributed by atoms with Crippen LogP contribution < -0.4 is 10.2 Å². The summed E-state index contributed by atoms with van der Waals surface area (Å²) in [4.78, 5) is 26.4. The monoisotopic (exact) mass is 376 g/mol. The Labute approximate surface area is 141 Å². The molecule has 1 fully saturated rings. The minimum absolute atomic E-state index is 0.225. The molecule has 1 aliphatic heterocycles. The Morgan fingerprint density at radius 2 is 1.87 bits per heavy atom. The predicted molar refractivity (Wildman–Crippen MR) is 89.6 cm³/mol. The van der Waals surface area contributed by atoms with Crippen molar-refractivity contribution < 1.29 is 14.0 Å². The van der Waals surface area contributed by atoms with Crippen LogP contribution in [0.5, 0.6) is 0 Å². The highest BCUT2D eigenvalue weighted by Crippen LogP contribution is 2.31. The quantitative estimate of drug-likeness (QED) is 0.832. The SMILES string of the molecule is O=C(Nc1ccc(F)cc1)C1CCN(c2ccccc2Br)C1=O. The maximum Gasteiger partial charge on any atom is 0.239 e. The molecule has 2 aromatic carbocycles. The summed E-state index contributed by atoms with van der Waals surface area (Å²) in [7, 11) is 0. The van der Waals surface area contributed by atoms with Gasteiger partial charge in [0, 0.05) is 16.7 Å². The Morgan fingerprint density at radius 1 is 1.17 bits per heavy atom. The van der Waals surface area contributed by atoms with E-state index in [1.807, 2.05) is 24.3 Å². The van der Waals surface area contributed by atoms with E-state index in [1.165, 1.54) is 24.3 Å². The molecule has 3 rings (SSSR count). The number of nitrogens with zero attached hydrogens (tertiary/aromatic N) is 1. The second kappa shape index (κ2) is 6.50. The van der Waals surface area contributed by atoms with E-state index in [0.717, 1.165) is 10.2 Å². The number of carbonyl (C=O) groups excluding carboxylic acids is 2. The van der Waals surface area contributed by atoms with E-state index in [2.05, 4.69) is 21.2 Å². The second-order valence-electron chi connectivity index (χ2n) is 5.28. The molecule has 0 bridgehead atoms. The van der Waals surface area contributed by atoms with Crippen molar-refractivity contribution in [3.8, 4) is 0 Å². The topological polar surface area (TPSA) is 49.4 Å². The van der Waals surface area contributed by atoms with Gasteiger partial charge < -0.3 is 10.2 Å². The van der Waals surface area contributed by atoms with Crippen molar-refractivity contribution in [2.45, 2.75) is 6.42 Å². The van der Waals surface area contributed by atoms with E-state index in [1.54, 1.807) is 4.90 Å². The zero-order valence-corrected chi connectivity index (χ0v) is 13.7. The van der Waals surface area contributed by atoms with Crippen LogP contribution >= 0.6 is 15.9 Å². The van der Waals surface area contributed by atoms with Gasteiger partial charge in [-0.2, -0.15) is 0 Å². The van der Waals surface area contributed by atoms with Gasteiger partial charge in [0.15, 0.2) is 0 Å². The molecule has 0 saturated carbocycles. The van der Waals surface area contributed by atoms with Crippen LogP contribution in [0.25, 0.3) is 0 Å². The molecule has 1 heterocycles. The smallest absolute Gasteiger partial charge is 0.239 e. The second-order valence-corrected chi connectivity index (χ2v) is 6.13. The number of anilines is 2. The molecule has 4 nitrogen and oxygen atoms in total. The molecule has 1 atom stereocenters. The first-order chi connectivity index (χ1) is 11.1. The van der Waals surface area contributed by atoms with Gasteiger partial charge >= 0.3 is 0 Å². The molecule has 0 spiro atoms. The largest absolute Gasteiger partial charge is 0.325 e. The van der Waals surface area contributed by atoms with Gasteiger partial charge in [-0.15, -0.1) is 0 Å². The summed E-state index contributed by atoms with van der Waals surface area (Å²) in [6.07, 6.45) is 0.452. The Morgan fingerprint density at radius 3 is 2.57 bits per heavy atom. The summed E-state index contributed by atoms with van der Waals surface area (Å²) in [6, 6.07) is 12.9. The summed E-state index contributed by atoms with van der Waals surface area (Å²) in [5.41, 5.74) is 1.23. The van der Waals surface area contributed by atoms with Crippen LogP contribution in [0.2, 0.25) is 0 Å². The molecule has 1 saturated heterocycles. The maximum atomic E-state index is 12.9. The van der Waals surface area contributed by atoms with Crippen molar-refractivity contribution in [1.82, 2.24) is 0 Å².